The molecule has 0 amide bonds. The van der Waals surface area contributed by atoms with Crippen LogP contribution in [0, 0.1) is 0 Å². The second-order valence-electron chi connectivity index (χ2n) is 2.12. The molecule has 1 rings (SSSR count). The van der Waals surface area contributed by atoms with Crippen molar-refractivity contribution in [3.63, 3.8) is 0 Å². The van der Waals surface area contributed by atoms with Gasteiger partial charge in [-0.05, 0) is 5.56 Å². The molecular weight excluding hydrogens is 159 g/mol. The van der Waals surface area contributed by atoms with Crippen LogP contribution in [0.15, 0.2) is 30.3 Å². The Bertz CT molecular complexity index is 202. The number of benzene rings is 1. The van der Waals surface area contributed by atoms with Crippen LogP contribution in [-0.4, -0.2) is 22.8 Å². The Morgan fingerprint density at radius 1 is 1.17 bits per heavy atom. The quantitative estimate of drug-likeness (QED) is 0.591. The molecule has 0 aliphatic heterocycles. The average Bonchev–Trinajstić information content (AvgIpc) is 2.03. The van der Waals surface area contributed by atoms with Crippen LogP contribution in [0.1, 0.15) is 5.56 Å². The standard InChI is InChI=1S/C7H9BO3.H2O/c9-8(10)11-6-7-4-2-1-3-5-7;/h1-5,9-10H,6H2;1H2. The number of rotatable bonds is 3. The van der Waals surface area contributed by atoms with Gasteiger partial charge >= 0.3 is 7.32 Å². The minimum atomic E-state index is -1.68. The van der Waals surface area contributed by atoms with E-state index in [-0.39, 0.29) is 12.1 Å². The molecule has 0 unspecified atom stereocenters. The van der Waals surface area contributed by atoms with Crippen molar-refractivity contribution in [1.29, 1.82) is 0 Å². The molecule has 0 spiro atoms. The maximum Gasteiger partial charge on any atom is 0.634 e. The highest BCUT2D eigenvalue weighted by molar-refractivity contribution is 6.32. The molecule has 0 saturated carbocycles. The van der Waals surface area contributed by atoms with E-state index >= 15 is 0 Å². The van der Waals surface area contributed by atoms with Crippen molar-refractivity contribution in [1.82, 2.24) is 0 Å². The van der Waals surface area contributed by atoms with Crippen LogP contribution in [0.5, 0.6) is 0 Å². The molecule has 0 saturated heterocycles. The van der Waals surface area contributed by atoms with Gasteiger partial charge in [0.05, 0.1) is 6.61 Å². The van der Waals surface area contributed by atoms with Gasteiger partial charge in [0.15, 0.2) is 0 Å². The lowest BCUT2D eigenvalue weighted by Crippen LogP contribution is -2.16. The molecule has 0 aliphatic rings. The van der Waals surface area contributed by atoms with Gasteiger partial charge in [-0.15, -0.1) is 0 Å². The molecular formula is C7H11BO4. The first kappa shape index (κ1) is 11.1. The molecule has 0 heterocycles. The highest BCUT2D eigenvalue weighted by atomic mass is 16.6. The molecule has 0 bridgehead atoms. The second kappa shape index (κ2) is 5.73. The highest BCUT2D eigenvalue weighted by Gasteiger charge is 2.07. The summed E-state index contributed by atoms with van der Waals surface area (Å²) in [5.74, 6) is 0. The minimum absolute atomic E-state index is 0. The Morgan fingerprint density at radius 2 is 1.75 bits per heavy atom. The van der Waals surface area contributed by atoms with E-state index in [9.17, 15) is 0 Å². The SMILES string of the molecule is O.OB(O)OCc1ccccc1. The van der Waals surface area contributed by atoms with Gasteiger partial charge in [0.25, 0.3) is 0 Å². The van der Waals surface area contributed by atoms with E-state index in [0.29, 0.717) is 0 Å². The molecule has 1 aromatic carbocycles. The molecule has 12 heavy (non-hydrogen) atoms. The van der Waals surface area contributed by atoms with Gasteiger partial charge in [-0.3, -0.25) is 0 Å². The molecule has 0 fully saturated rings. The van der Waals surface area contributed by atoms with Crippen molar-refractivity contribution in [3.05, 3.63) is 35.9 Å². The number of hydrogen-bond acceptors (Lipinski definition) is 3. The lowest BCUT2D eigenvalue weighted by molar-refractivity contribution is 0.177. The first-order valence-corrected chi connectivity index (χ1v) is 3.31. The van der Waals surface area contributed by atoms with Crippen molar-refractivity contribution in [2.75, 3.05) is 0 Å². The largest absolute Gasteiger partial charge is 0.634 e. The van der Waals surface area contributed by atoms with E-state index in [1.807, 2.05) is 30.3 Å². The van der Waals surface area contributed by atoms with E-state index in [4.69, 9.17) is 10.0 Å². The summed E-state index contributed by atoms with van der Waals surface area (Å²) in [6.45, 7) is 0.221. The summed E-state index contributed by atoms with van der Waals surface area (Å²) in [4.78, 5) is 0. The molecule has 0 aromatic heterocycles. The lowest BCUT2D eigenvalue weighted by atomic mass is 10.2. The zero-order valence-corrected chi connectivity index (χ0v) is 6.47. The molecule has 5 heteroatoms. The van der Waals surface area contributed by atoms with Crippen molar-refractivity contribution in [2.45, 2.75) is 6.61 Å². The van der Waals surface area contributed by atoms with Gasteiger partial charge in [-0.2, -0.15) is 0 Å². The predicted molar refractivity (Wildman–Crippen MR) is 45.0 cm³/mol. The summed E-state index contributed by atoms with van der Waals surface area (Å²) in [5.41, 5.74) is 0.917. The number of hydrogen-bond donors (Lipinski definition) is 2. The van der Waals surface area contributed by atoms with E-state index in [1.165, 1.54) is 0 Å². The second-order valence-corrected chi connectivity index (χ2v) is 2.12. The van der Waals surface area contributed by atoms with Crippen molar-refractivity contribution < 1.29 is 20.2 Å². The topological polar surface area (TPSA) is 81.2 Å². The fourth-order valence-electron chi connectivity index (χ4n) is 0.745. The first-order chi connectivity index (χ1) is 5.29. The smallest absolute Gasteiger partial charge is 0.412 e. The van der Waals surface area contributed by atoms with Crippen molar-refractivity contribution in [2.24, 2.45) is 0 Å². The summed E-state index contributed by atoms with van der Waals surface area (Å²) in [7, 11) is -1.68. The van der Waals surface area contributed by atoms with Crippen LogP contribution in [0.25, 0.3) is 0 Å². The summed E-state index contributed by atoms with van der Waals surface area (Å²) >= 11 is 0. The zero-order chi connectivity index (χ0) is 8.10. The molecule has 0 atom stereocenters. The van der Waals surface area contributed by atoms with Crippen molar-refractivity contribution >= 4 is 7.32 Å². The minimum Gasteiger partial charge on any atom is -0.412 e. The Morgan fingerprint density at radius 3 is 2.25 bits per heavy atom. The van der Waals surface area contributed by atoms with E-state index in [1.54, 1.807) is 0 Å². The molecule has 4 nitrogen and oxygen atoms in total. The molecule has 0 aliphatic carbocycles. The average molecular weight is 170 g/mol. The van der Waals surface area contributed by atoms with Gasteiger partial charge in [-0.25, -0.2) is 0 Å². The van der Waals surface area contributed by atoms with Gasteiger partial charge in [0.1, 0.15) is 0 Å². The van der Waals surface area contributed by atoms with E-state index in [0.717, 1.165) is 5.56 Å². The van der Waals surface area contributed by atoms with E-state index in [2.05, 4.69) is 4.65 Å². The normalized spacial score (nSPS) is 8.83. The Labute approximate surface area is 70.9 Å². The lowest BCUT2D eigenvalue weighted by Gasteiger charge is -2.00. The molecule has 1 aromatic rings. The fourth-order valence-corrected chi connectivity index (χ4v) is 0.745. The monoisotopic (exact) mass is 170 g/mol. The van der Waals surface area contributed by atoms with E-state index < -0.39 is 7.32 Å². The molecule has 4 N–H and O–H groups in total. The predicted octanol–water partition coefficient (Wildman–Crippen LogP) is -0.652. The first-order valence-electron chi connectivity index (χ1n) is 3.31. The summed E-state index contributed by atoms with van der Waals surface area (Å²) in [6, 6.07) is 9.31. The fraction of sp³-hybridized carbons (Fsp3) is 0.143. The summed E-state index contributed by atoms with van der Waals surface area (Å²) in [5, 5.41) is 16.7. The highest BCUT2D eigenvalue weighted by Crippen LogP contribution is 1.99. The zero-order valence-electron chi connectivity index (χ0n) is 6.47. The third kappa shape index (κ3) is 4.10. The van der Waals surface area contributed by atoms with Crippen LogP contribution >= 0.6 is 0 Å². The van der Waals surface area contributed by atoms with Gasteiger partial charge in [-0.1, -0.05) is 30.3 Å². The van der Waals surface area contributed by atoms with Crippen LogP contribution in [-0.2, 0) is 11.3 Å². The van der Waals surface area contributed by atoms with Crippen LogP contribution in [0.2, 0.25) is 0 Å². The third-order valence-corrected chi connectivity index (χ3v) is 1.24. The Hall–Kier alpha value is -0.875. The summed E-state index contributed by atoms with van der Waals surface area (Å²) < 4.78 is 4.54. The third-order valence-electron chi connectivity index (χ3n) is 1.24. The van der Waals surface area contributed by atoms with Crippen LogP contribution in [0.3, 0.4) is 0 Å². The molecule has 66 valence electrons. The Kier molecular flexibility index (Phi) is 5.32. The summed E-state index contributed by atoms with van der Waals surface area (Å²) in [6.07, 6.45) is 0. The van der Waals surface area contributed by atoms with Gasteiger partial charge < -0.3 is 20.2 Å². The van der Waals surface area contributed by atoms with Gasteiger partial charge in [0.2, 0.25) is 0 Å². The van der Waals surface area contributed by atoms with Gasteiger partial charge in [0, 0.05) is 0 Å². The Balaban J connectivity index is 0.00000121. The maximum absolute atomic E-state index is 8.35. The van der Waals surface area contributed by atoms with Crippen LogP contribution in [0.4, 0.5) is 0 Å². The maximum atomic E-state index is 8.35. The molecule has 0 radical (unpaired) electrons. The van der Waals surface area contributed by atoms with Crippen LogP contribution < -0.4 is 0 Å². The van der Waals surface area contributed by atoms with Crippen molar-refractivity contribution in [3.8, 4) is 0 Å².